The minimum Gasteiger partial charge on any atom is -0.321 e. The summed E-state index contributed by atoms with van der Waals surface area (Å²) in [4.78, 5) is 23.3. The Balaban J connectivity index is 2.52. The molecule has 0 bridgehead atoms. The Morgan fingerprint density at radius 2 is 1.92 bits per heavy atom. The first-order chi connectivity index (χ1) is 11.6. The van der Waals surface area contributed by atoms with Crippen molar-refractivity contribution < 1.29 is 22.8 Å². The highest BCUT2D eigenvalue weighted by molar-refractivity contribution is 6.34. The molecule has 2 aromatic rings. The van der Waals surface area contributed by atoms with Gasteiger partial charge in [0.25, 0.3) is 5.91 Å². The van der Waals surface area contributed by atoms with Crippen LogP contribution in [0.1, 0.15) is 38.8 Å². The van der Waals surface area contributed by atoms with Gasteiger partial charge in [0, 0.05) is 16.8 Å². The van der Waals surface area contributed by atoms with Crippen LogP contribution in [0.15, 0.2) is 36.4 Å². The number of amides is 1. The van der Waals surface area contributed by atoms with Gasteiger partial charge in [0.1, 0.15) is 6.29 Å². The van der Waals surface area contributed by atoms with Gasteiger partial charge in [-0.15, -0.1) is 0 Å². The third-order valence-corrected chi connectivity index (χ3v) is 3.69. The number of hydrogen-bond acceptors (Lipinski definition) is 3. The Bertz CT molecular complexity index is 863. The van der Waals surface area contributed by atoms with Crippen molar-refractivity contribution in [3.63, 3.8) is 0 Å². The lowest BCUT2D eigenvalue weighted by Crippen LogP contribution is -2.20. The maximum atomic E-state index is 13.1. The van der Waals surface area contributed by atoms with Gasteiger partial charge in [-0.2, -0.15) is 13.2 Å². The van der Waals surface area contributed by atoms with E-state index in [0.29, 0.717) is 6.29 Å². The van der Waals surface area contributed by atoms with Crippen molar-refractivity contribution in [1.29, 1.82) is 5.41 Å². The molecule has 2 N–H and O–H groups in total. The van der Waals surface area contributed by atoms with Gasteiger partial charge < -0.3 is 10.7 Å². The first kappa shape index (κ1) is 18.7. The number of halogens is 4. The average molecular weight is 369 g/mol. The molecule has 8 heteroatoms. The molecular formula is C17H12ClF3N2O2. The second-order valence-electron chi connectivity index (χ2n) is 5.16. The van der Waals surface area contributed by atoms with Gasteiger partial charge in [0.15, 0.2) is 0 Å². The highest BCUT2D eigenvalue weighted by atomic mass is 35.5. The molecule has 0 radical (unpaired) electrons. The standard InChI is InChI=1S/C17H12ClF3N2O2/c1-9(22)11-6-5-10(8-24)7-14(11)23-16(25)15-12(17(19,20)21)3-2-4-13(15)18/h2-8,22H,1H3,(H,23,25). The molecular weight excluding hydrogens is 357 g/mol. The van der Waals surface area contributed by atoms with E-state index in [2.05, 4.69) is 5.32 Å². The van der Waals surface area contributed by atoms with E-state index in [4.69, 9.17) is 17.0 Å². The SMILES string of the molecule is CC(=N)c1ccc(C=O)cc1NC(=O)c1c(Cl)cccc1C(F)(F)F. The van der Waals surface area contributed by atoms with Crippen LogP contribution >= 0.6 is 11.6 Å². The summed E-state index contributed by atoms with van der Waals surface area (Å²) in [6.07, 6.45) is -4.24. The predicted molar refractivity (Wildman–Crippen MR) is 88.7 cm³/mol. The maximum absolute atomic E-state index is 13.1. The molecule has 0 saturated heterocycles. The molecule has 2 aromatic carbocycles. The fourth-order valence-corrected chi connectivity index (χ4v) is 2.50. The van der Waals surface area contributed by atoms with Gasteiger partial charge >= 0.3 is 6.18 Å². The lowest BCUT2D eigenvalue weighted by molar-refractivity contribution is -0.137. The number of alkyl halides is 3. The van der Waals surface area contributed by atoms with Crippen molar-refractivity contribution in [2.24, 2.45) is 0 Å². The van der Waals surface area contributed by atoms with E-state index in [1.54, 1.807) is 0 Å². The molecule has 0 spiro atoms. The summed E-state index contributed by atoms with van der Waals surface area (Å²) in [5.41, 5.74) is -1.29. The summed E-state index contributed by atoms with van der Waals surface area (Å²) in [5.74, 6) is -1.08. The molecule has 0 aliphatic carbocycles. The first-order valence-corrected chi connectivity index (χ1v) is 7.34. The molecule has 0 aliphatic heterocycles. The Morgan fingerprint density at radius 3 is 2.48 bits per heavy atom. The number of hydrogen-bond donors (Lipinski definition) is 2. The van der Waals surface area contributed by atoms with Gasteiger partial charge in [-0.25, -0.2) is 0 Å². The normalized spacial score (nSPS) is 11.1. The highest BCUT2D eigenvalue weighted by Gasteiger charge is 2.36. The molecule has 1 amide bonds. The fourth-order valence-electron chi connectivity index (χ4n) is 2.24. The lowest BCUT2D eigenvalue weighted by Gasteiger charge is -2.16. The number of carbonyl (C=O) groups is 2. The summed E-state index contributed by atoms with van der Waals surface area (Å²) in [7, 11) is 0. The summed E-state index contributed by atoms with van der Waals surface area (Å²) in [6.45, 7) is 1.45. The summed E-state index contributed by atoms with van der Waals surface area (Å²) in [6, 6.07) is 7.18. The number of nitrogens with one attached hydrogen (secondary N) is 2. The number of carbonyl (C=O) groups excluding carboxylic acids is 2. The number of aldehydes is 1. The third kappa shape index (κ3) is 4.06. The van der Waals surface area contributed by atoms with Crippen molar-refractivity contribution in [3.8, 4) is 0 Å². The lowest BCUT2D eigenvalue weighted by atomic mass is 10.0. The van der Waals surface area contributed by atoms with E-state index in [0.717, 1.165) is 12.1 Å². The van der Waals surface area contributed by atoms with Gasteiger partial charge in [-0.05, 0) is 25.1 Å². The van der Waals surface area contributed by atoms with Gasteiger partial charge in [0.05, 0.1) is 21.8 Å². The zero-order valence-corrected chi connectivity index (χ0v) is 13.6. The first-order valence-electron chi connectivity index (χ1n) is 6.97. The van der Waals surface area contributed by atoms with E-state index in [1.807, 2.05) is 0 Å². The zero-order valence-electron chi connectivity index (χ0n) is 12.9. The van der Waals surface area contributed by atoms with Crippen molar-refractivity contribution in [1.82, 2.24) is 0 Å². The molecule has 0 aromatic heterocycles. The largest absolute Gasteiger partial charge is 0.417 e. The molecule has 0 saturated carbocycles. The van der Waals surface area contributed by atoms with Crippen LogP contribution in [-0.2, 0) is 6.18 Å². The second-order valence-corrected chi connectivity index (χ2v) is 5.57. The minimum absolute atomic E-state index is 0.0511. The van der Waals surface area contributed by atoms with E-state index < -0.39 is 23.2 Å². The molecule has 0 heterocycles. The molecule has 130 valence electrons. The van der Waals surface area contributed by atoms with Crippen LogP contribution in [0.2, 0.25) is 5.02 Å². The van der Waals surface area contributed by atoms with Crippen LogP contribution in [0.4, 0.5) is 18.9 Å². The van der Waals surface area contributed by atoms with Crippen LogP contribution in [0.25, 0.3) is 0 Å². The van der Waals surface area contributed by atoms with Crippen LogP contribution < -0.4 is 5.32 Å². The molecule has 2 rings (SSSR count). The topological polar surface area (TPSA) is 70.0 Å². The average Bonchev–Trinajstić information content (AvgIpc) is 2.53. The predicted octanol–water partition coefficient (Wildman–Crippen LogP) is 4.81. The summed E-state index contributed by atoms with van der Waals surface area (Å²) < 4.78 is 39.4. The van der Waals surface area contributed by atoms with Crippen molar-refractivity contribution in [3.05, 3.63) is 63.7 Å². The monoisotopic (exact) mass is 368 g/mol. The number of benzene rings is 2. The summed E-state index contributed by atoms with van der Waals surface area (Å²) >= 11 is 5.80. The number of anilines is 1. The Kier molecular flexibility index (Phi) is 5.27. The quantitative estimate of drug-likeness (QED) is 0.600. The molecule has 0 unspecified atom stereocenters. The maximum Gasteiger partial charge on any atom is 0.417 e. The number of rotatable bonds is 4. The van der Waals surface area contributed by atoms with Crippen LogP contribution in [0, 0.1) is 5.41 Å². The zero-order chi connectivity index (χ0) is 18.8. The molecule has 0 fully saturated rings. The Morgan fingerprint density at radius 1 is 1.24 bits per heavy atom. The fraction of sp³-hybridized carbons (Fsp3) is 0.118. The minimum atomic E-state index is -4.76. The molecule has 0 atom stereocenters. The van der Waals surface area contributed by atoms with Crippen molar-refractivity contribution in [2.75, 3.05) is 5.32 Å². The Hall–Kier alpha value is -2.67. The molecule has 25 heavy (non-hydrogen) atoms. The van der Waals surface area contributed by atoms with E-state index in [9.17, 15) is 22.8 Å². The van der Waals surface area contributed by atoms with Crippen LogP contribution in [0.3, 0.4) is 0 Å². The highest BCUT2D eigenvalue weighted by Crippen LogP contribution is 2.35. The van der Waals surface area contributed by atoms with Crippen molar-refractivity contribution in [2.45, 2.75) is 13.1 Å². The Labute approximate surface area is 146 Å². The van der Waals surface area contributed by atoms with E-state index in [1.165, 1.54) is 31.2 Å². The third-order valence-electron chi connectivity index (χ3n) is 3.38. The smallest absolute Gasteiger partial charge is 0.321 e. The van der Waals surface area contributed by atoms with Gasteiger partial charge in [-0.3, -0.25) is 9.59 Å². The van der Waals surface area contributed by atoms with E-state index >= 15 is 0 Å². The summed E-state index contributed by atoms with van der Waals surface area (Å²) in [5, 5.41) is 9.65. The van der Waals surface area contributed by atoms with Crippen molar-refractivity contribution >= 4 is 35.2 Å². The molecule has 0 aliphatic rings. The van der Waals surface area contributed by atoms with E-state index in [-0.39, 0.29) is 27.5 Å². The van der Waals surface area contributed by atoms with Gasteiger partial charge in [0.2, 0.25) is 0 Å². The van der Waals surface area contributed by atoms with Gasteiger partial charge in [-0.1, -0.05) is 29.8 Å². The second kappa shape index (κ2) is 7.06. The molecule has 4 nitrogen and oxygen atoms in total. The van der Waals surface area contributed by atoms with Crippen LogP contribution in [-0.4, -0.2) is 17.9 Å². The van der Waals surface area contributed by atoms with Crippen LogP contribution in [0.5, 0.6) is 0 Å².